The van der Waals surface area contributed by atoms with Gasteiger partial charge in [-0.25, -0.2) is 9.69 Å². The first-order chi connectivity index (χ1) is 14.7. The summed E-state index contributed by atoms with van der Waals surface area (Å²) >= 11 is 1.48. The van der Waals surface area contributed by atoms with Crippen LogP contribution >= 0.6 is 11.8 Å². The molecular weight excluding hydrogens is 416 g/mol. The Morgan fingerprint density at radius 2 is 1.61 bits per heavy atom. The van der Waals surface area contributed by atoms with E-state index >= 15 is 0 Å². The molecule has 0 saturated carbocycles. The van der Waals surface area contributed by atoms with E-state index in [-0.39, 0.29) is 30.8 Å². The lowest BCUT2D eigenvalue weighted by atomic mass is 10.1. The van der Waals surface area contributed by atoms with Crippen molar-refractivity contribution in [3.63, 3.8) is 0 Å². The van der Waals surface area contributed by atoms with E-state index in [1.165, 1.54) is 16.7 Å². The van der Waals surface area contributed by atoms with Crippen LogP contribution in [0.1, 0.15) is 57.4 Å². The molecule has 0 fully saturated rings. The maximum Gasteiger partial charge on any atom is 0.417 e. The van der Waals surface area contributed by atoms with Crippen LogP contribution in [0.5, 0.6) is 0 Å². The van der Waals surface area contributed by atoms with Crippen molar-refractivity contribution in [2.75, 3.05) is 12.3 Å². The summed E-state index contributed by atoms with van der Waals surface area (Å²) in [5.41, 5.74) is 1.43. The molecule has 2 aliphatic rings. The first-order valence-electron chi connectivity index (χ1n) is 9.91. The lowest BCUT2D eigenvalue weighted by molar-refractivity contribution is 0.0247. The number of carbonyl (C=O) groups excluding carboxylic acids is 4. The topological polar surface area (TPSA) is 84.0 Å². The van der Waals surface area contributed by atoms with Gasteiger partial charge >= 0.3 is 6.09 Å². The Kier molecular flexibility index (Phi) is 5.35. The van der Waals surface area contributed by atoms with Crippen molar-refractivity contribution in [2.45, 2.75) is 37.8 Å². The first kappa shape index (κ1) is 21.1. The summed E-state index contributed by atoms with van der Waals surface area (Å²) in [5.74, 6) is -0.386. The molecule has 0 saturated heterocycles. The maximum absolute atomic E-state index is 12.5. The Bertz CT molecular complexity index is 1070. The zero-order chi connectivity index (χ0) is 22.3. The number of amides is 4. The van der Waals surface area contributed by atoms with Crippen LogP contribution in [0.15, 0.2) is 47.4 Å². The van der Waals surface area contributed by atoms with Crippen molar-refractivity contribution in [2.24, 2.45) is 0 Å². The number of fused-ring (bicyclic) bond motifs is 2. The number of benzene rings is 2. The third-order valence-corrected chi connectivity index (χ3v) is 5.93. The van der Waals surface area contributed by atoms with Crippen LogP contribution in [-0.2, 0) is 11.3 Å². The van der Waals surface area contributed by atoms with Gasteiger partial charge in [0, 0.05) is 22.8 Å². The summed E-state index contributed by atoms with van der Waals surface area (Å²) in [5, 5.41) is 0. The van der Waals surface area contributed by atoms with Gasteiger partial charge in [0.25, 0.3) is 17.7 Å². The highest BCUT2D eigenvalue weighted by molar-refractivity contribution is 7.99. The highest BCUT2D eigenvalue weighted by atomic mass is 32.2. The zero-order valence-electron chi connectivity index (χ0n) is 17.5. The van der Waals surface area contributed by atoms with Gasteiger partial charge in [-0.3, -0.25) is 19.3 Å². The van der Waals surface area contributed by atoms with E-state index in [9.17, 15) is 19.2 Å². The molecule has 4 amide bonds. The molecule has 2 heterocycles. The number of nitrogens with zero attached hydrogens (tertiary/aromatic N) is 2. The molecule has 0 atom stereocenters. The minimum absolute atomic E-state index is 0.163. The van der Waals surface area contributed by atoms with E-state index in [2.05, 4.69) is 0 Å². The number of ether oxygens (including phenoxy) is 1. The lowest BCUT2D eigenvalue weighted by Crippen LogP contribution is -2.36. The van der Waals surface area contributed by atoms with Crippen molar-refractivity contribution < 1.29 is 23.9 Å². The summed E-state index contributed by atoms with van der Waals surface area (Å²) in [4.78, 5) is 53.0. The van der Waals surface area contributed by atoms with Crippen LogP contribution in [0.3, 0.4) is 0 Å². The van der Waals surface area contributed by atoms with Crippen LogP contribution in [-0.4, -0.2) is 51.5 Å². The Labute approximate surface area is 184 Å². The van der Waals surface area contributed by atoms with Gasteiger partial charge in [-0.2, -0.15) is 0 Å². The fourth-order valence-corrected chi connectivity index (χ4v) is 4.45. The standard InChI is InChI=1S/C23H22N2O5S/c1-23(2,3)30-22(29)25-13-14-12-15(8-9-16(14)19(25)26)31-11-10-24-20(27)17-6-4-5-7-18(17)21(24)28/h4-9,12H,10-11,13H2,1-3H3. The summed E-state index contributed by atoms with van der Waals surface area (Å²) in [6, 6.07) is 12.2. The van der Waals surface area contributed by atoms with E-state index in [4.69, 9.17) is 4.74 Å². The van der Waals surface area contributed by atoms with Crippen molar-refractivity contribution in [3.8, 4) is 0 Å². The van der Waals surface area contributed by atoms with Gasteiger partial charge in [0.15, 0.2) is 0 Å². The summed E-state index contributed by atoms with van der Waals surface area (Å²) < 4.78 is 5.31. The van der Waals surface area contributed by atoms with Crippen molar-refractivity contribution in [3.05, 3.63) is 64.7 Å². The summed E-state index contributed by atoms with van der Waals surface area (Å²) in [6.07, 6.45) is -0.659. The number of hydrogen-bond donors (Lipinski definition) is 0. The van der Waals surface area contributed by atoms with Gasteiger partial charge in [-0.15, -0.1) is 11.8 Å². The average Bonchev–Trinajstić information content (AvgIpc) is 3.16. The van der Waals surface area contributed by atoms with Crippen LogP contribution in [0.2, 0.25) is 0 Å². The Morgan fingerprint density at radius 3 is 2.23 bits per heavy atom. The van der Waals surface area contributed by atoms with Crippen LogP contribution in [0, 0.1) is 0 Å². The molecule has 0 radical (unpaired) electrons. The van der Waals surface area contributed by atoms with Crippen molar-refractivity contribution in [1.29, 1.82) is 0 Å². The van der Waals surface area contributed by atoms with Gasteiger partial charge in [-0.1, -0.05) is 12.1 Å². The summed E-state index contributed by atoms with van der Waals surface area (Å²) in [6.45, 7) is 5.71. The number of rotatable bonds is 4. The molecule has 0 unspecified atom stereocenters. The highest BCUT2D eigenvalue weighted by Gasteiger charge is 2.36. The quantitative estimate of drug-likeness (QED) is 0.531. The van der Waals surface area contributed by atoms with E-state index in [1.807, 2.05) is 12.1 Å². The predicted molar refractivity (Wildman–Crippen MR) is 115 cm³/mol. The van der Waals surface area contributed by atoms with E-state index in [0.717, 1.165) is 15.4 Å². The zero-order valence-corrected chi connectivity index (χ0v) is 18.3. The highest BCUT2D eigenvalue weighted by Crippen LogP contribution is 2.30. The molecule has 31 heavy (non-hydrogen) atoms. The number of imide groups is 2. The molecule has 2 aromatic rings. The minimum atomic E-state index is -0.683. The molecule has 0 N–H and O–H groups in total. The molecule has 7 nitrogen and oxygen atoms in total. The normalized spacial score (nSPS) is 15.4. The fourth-order valence-electron chi connectivity index (χ4n) is 3.55. The lowest BCUT2D eigenvalue weighted by Gasteiger charge is -2.23. The second-order valence-electron chi connectivity index (χ2n) is 8.35. The largest absolute Gasteiger partial charge is 0.443 e. The van der Waals surface area contributed by atoms with Gasteiger partial charge < -0.3 is 4.74 Å². The number of hydrogen-bond acceptors (Lipinski definition) is 6. The predicted octanol–water partition coefficient (Wildman–Crippen LogP) is 3.97. The van der Waals surface area contributed by atoms with Gasteiger partial charge in [0.2, 0.25) is 0 Å². The van der Waals surface area contributed by atoms with Crippen LogP contribution < -0.4 is 0 Å². The molecule has 2 aliphatic heterocycles. The van der Waals surface area contributed by atoms with Gasteiger partial charge in [-0.05, 0) is 56.7 Å². The molecule has 8 heteroatoms. The molecule has 2 aromatic carbocycles. The van der Waals surface area contributed by atoms with E-state index < -0.39 is 11.7 Å². The molecule has 0 aromatic heterocycles. The SMILES string of the molecule is CC(C)(C)OC(=O)N1Cc2cc(SCCN3C(=O)c4ccccc4C3=O)ccc2C1=O. The number of carbonyl (C=O) groups is 4. The van der Waals surface area contributed by atoms with Crippen molar-refractivity contribution >= 4 is 35.6 Å². The second-order valence-corrected chi connectivity index (χ2v) is 9.51. The summed E-state index contributed by atoms with van der Waals surface area (Å²) in [7, 11) is 0. The maximum atomic E-state index is 12.5. The monoisotopic (exact) mass is 438 g/mol. The first-order valence-corrected chi connectivity index (χ1v) is 10.9. The molecular formula is C23H22N2O5S. The Balaban J connectivity index is 1.38. The third-order valence-electron chi connectivity index (χ3n) is 4.96. The third kappa shape index (κ3) is 4.07. The molecule has 0 aliphatic carbocycles. The van der Waals surface area contributed by atoms with Crippen molar-refractivity contribution in [1.82, 2.24) is 9.80 Å². The Morgan fingerprint density at radius 1 is 0.968 bits per heavy atom. The molecule has 0 bridgehead atoms. The second kappa shape index (κ2) is 7.85. The minimum Gasteiger partial charge on any atom is -0.443 e. The van der Waals surface area contributed by atoms with Crippen LogP contribution in [0.4, 0.5) is 4.79 Å². The van der Waals surface area contributed by atoms with Gasteiger partial charge in [0.05, 0.1) is 17.7 Å². The molecule has 0 spiro atoms. The molecule has 4 rings (SSSR count). The van der Waals surface area contributed by atoms with E-state index in [0.29, 0.717) is 22.4 Å². The Hall–Kier alpha value is -3.13. The molecule has 160 valence electrons. The van der Waals surface area contributed by atoms with E-state index in [1.54, 1.807) is 51.1 Å². The number of thioether (sulfide) groups is 1. The van der Waals surface area contributed by atoms with Crippen LogP contribution in [0.25, 0.3) is 0 Å². The van der Waals surface area contributed by atoms with Gasteiger partial charge in [0.1, 0.15) is 5.60 Å². The fraction of sp³-hybridized carbons (Fsp3) is 0.304. The smallest absolute Gasteiger partial charge is 0.417 e. The average molecular weight is 439 g/mol.